The number of benzene rings is 2. The molecule has 160 valence electrons. The number of oxime groups is 1. The molecule has 1 aliphatic rings. The number of carboxylic acids is 1. The maximum Gasteiger partial charge on any atom is 1.00 e. The second-order valence-corrected chi connectivity index (χ2v) is 7.84. The summed E-state index contributed by atoms with van der Waals surface area (Å²) in [6, 6.07) is 15.1. The number of amides is 1. The summed E-state index contributed by atoms with van der Waals surface area (Å²) in [4.78, 5) is 35.0. The summed E-state index contributed by atoms with van der Waals surface area (Å²) >= 11 is 0. The van der Waals surface area contributed by atoms with Crippen LogP contribution >= 0.6 is 0 Å². The van der Waals surface area contributed by atoms with Crippen LogP contribution in [0.4, 0.5) is 5.69 Å². The van der Waals surface area contributed by atoms with E-state index < -0.39 is 12.6 Å². The van der Waals surface area contributed by atoms with Crippen molar-refractivity contribution in [3.05, 3.63) is 59.9 Å². The van der Waals surface area contributed by atoms with E-state index in [2.05, 4.69) is 23.6 Å². The van der Waals surface area contributed by atoms with Gasteiger partial charge in [0.1, 0.15) is 5.82 Å². The zero-order valence-corrected chi connectivity index (χ0v) is 20.4. The number of para-hydroxylation sites is 3. The number of anilines is 1. The first-order valence-electron chi connectivity index (χ1n) is 10.2. The third-order valence-electron chi connectivity index (χ3n) is 5.20. The van der Waals surface area contributed by atoms with Crippen LogP contribution in [0.3, 0.4) is 0 Å². The van der Waals surface area contributed by atoms with Crippen LogP contribution in [0.5, 0.6) is 0 Å². The van der Waals surface area contributed by atoms with E-state index in [1.54, 1.807) is 17.0 Å². The first-order chi connectivity index (χ1) is 15.0. The van der Waals surface area contributed by atoms with Crippen molar-refractivity contribution < 1.29 is 49.1 Å². The second-order valence-electron chi connectivity index (χ2n) is 7.84. The standard InChI is InChI=1S/C23H24N4O4.Na/c1-15(2)11-12-26-19-10-6-4-8-17(19)24-20(26)13-27-18-9-5-3-7-16(18)22(23(27)30)25-31-14-21(28)29;/h3-10,15H,11-14H2,1-2H3,(H,28,29);/q;+1/p-1/b25-22-;. The molecule has 1 aromatic heterocycles. The van der Waals surface area contributed by atoms with Gasteiger partial charge in [-0.15, -0.1) is 0 Å². The average Bonchev–Trinajstić information content (AvgIpc) is 3.22. The van der Waals surface area contributed by atoms with Crippen molar-refractivity contribution in [2.45, 2.75) is 33.4 Å². The Labute approximate surface area is 208 Å². The van der Waals surface area contributed by atoms with Gasteiger partial charge in [0, 0.05) is 12.1 Å². The number of carbonyl (C=O) groups excluding carboxylic acids is 2. The summed E-state index contributed by atoms with van der Waals surface area (Å²) in [5, 5.41) is 14.4. The Bertz CT molecular complexity index is 1170. The van der Waals surface area contributed by atoms with Gasteiger partial charge < -0.3 is 19.3 Å². The summed E-state index contributed by atoms with van der Waals surface area (Å²) in [6.07, 6.45) is 0.988. The maximum absolute atomic E-state index is 13.2. The number of fused-ring (bicyclic) bond motifs is 2. The number of rotatable bonds is 8. The van der Waals surface area contributed by atoms with Gasteiger partial charge in [0.05, 0.1) is 29.2 Å². The zero-order valence-electron chi connectivity index (χ0n) is 18.4. The van der Waals surface area contributed by atoms with Crippen LogP contribution in [0.25, 0.3) is 11.0 Å². The Morgan fingerprint density at radius 1 is 1.16 bits per heavy atom. The average molecular weight is 442 g/mol. The number of nitrogens with zero attached hydrogens (tertiary/aromatic N) is 4. The van der Waals surface area contributed by atoms with E-state index in [1.165, 1.54) is 0 Å². The minimum atomic E-state index is -1.40. The van der Waals surface area contributed by atoms with E-state index >= 15 is 0 Å². The van der Waals surface area contributed by atoms with Crippen molar-refractivity contribution >= 4 is 34.3 Å². The van der Waals surface area contributed by atoms with Crippen molar-refractivity contribution in [3.63, 3.8) is 0 Å². The van der Waals surface area contributed by atoms with Crippen LogP contribution in [-0.4, -0.2) is 33.7 Å². The third kappa shape index (κ3) is 4.87. The van der Waals surface area contributed by atoms with Gasteiger partial charge in [-0.25, -0.2) is 4.98 Å². The number of aromatic nitrogens is 2. The molecule has 2 aromatic carbocycles. The van der Waals surface area contributed by atoms with Gasteiger partial charge >= 0.3 is 29.6 Å². The topological polar surface area (TPSA) is 99.8 Å². The van der Waals surface area contributed by atoms with E-state index in [-0.39, 0.29) is 47.7 Å². The molecular formula is C23H23N4NaO4. The maximum atomic E-state index is 13.2. The fourth-order valence-corrected chi connectivity index (χ4v) is 3.68. The molecule has 0 atom stereocenters. The SMILES string of the molecule is CC(C)CCn1c(CN2C(=O)/C(=N\OCC(=O)[O-])c3ccccc32)nc2ccccc21.[Na+]. The largest absolute Gasteiger partial charge is 1.00 e. The number of aliphatic carboxylic acids is 1. The molecule has 3 aromatic rings. The molecule has 0 unspecified atom stereocenters. The molecule has 0 radical (unpaired) electrons. The van der Waals surface area contributed by atoms with Crippen molar-refractivity contribution in [1.29, 1.82) is 0 Å². The molecule has 9 heteroatoms. The predicted molar refractivity (Wildman–Crippen MR) is 114 cm³/mol. The molecule has 2 heterocycles. The molecule has 0 bridgehead atoms. The molecule has 0 aliphatic carbocycles. The second kappa shape index (κ2) is 10.3. The van der Waals surface area contributed by atoms with Gasteiger partial charge in [-0.05, 0) is 30.5 Å². The molecule has 4 rings (SSSR count). The Kier molecular flexibility index (Phi) is 7.71. The van der Waals surface area contributed by atoms with Crippen LogP contribution in [0.2, 0.25) is 0 Å². The fraction of sp³-hybridized carbons (Fsp3) is 0.304. The summed E-state index contributed by atoms with van der Waals surface area (Å²) in [5.74, 6) is -0.453. The molecule has 0 spiro atoms. The predicted octanol–water partition coefficient (Wildman–Crippen LogP) is -0.896. The quantitative estimate of drug-likeness (QED) is 0.333. The summed E-state index contributed by atoms with van der Waals surface area (Å²) in [7, 11) is 0. The minimum Gasteiger partial charge on any atom is -0.546 e. The van der Waals surface area contributed by atoms with Gasteiger partial charge in [-0.3, -0.25) is 9.69 Å². The van der Waals surface area contributed by atoms with Crippen molar-refractivity contribution in [2.75, 3.05) is 11.5 Å². The first kappa shape index (κ1) is 24.0. The molecular weight excluding hydrogens is 419 g/mol. The number of aryl methyl sites for hydroxylation is 1. The molecule has 1 aliphatic heterocycles. The van der Waals surface area contributed by atoms with Crippen LogP contribution in [0, 0.1) is 5.92 Å². The normalized spacial score (nSPS) is 14.2. The first-order valence-corrected chi connectivity index (χ1v) is 10.2. The Morgan fingerprint density at radius 2 is 1.88 bits per heavy atom. The van der Waals surface area contributed by atoms with Gasteiger partial charge in [0.15, 0.2) is 12.3 Å². The summed E-state index contributed by atoms with van der Waals surface area (Å²) in [5.41, 5.74) is 3.26. The smallest absolute Gasteiger partial charge is 0.546 e. The number of imidazole rings is 1. The third-order valence-corrected chi connectivity index (χ3v) is 5.20. The van der Waals surface area contributed by atoms with Crippen LogP contribution in [-0.2, 0) is 27.5 Å². The van der Waals surface area contributed by atoms with Gasteiger partial charge in [-0.1, -0.05) is 49.3 Å². The molecule has 32 heavy (non-hydrogen) atoms. The van der Waals surface area contributed by atoms with Crippen molar-refractivity contribution in [3.8, 4) is 0 Å². The molecule has 8 nitrogen and oxygen atoms in total. The number of carboxylic acid groups (broad SMARTS) is 1. The molecule has 1 amide bonds. The number of carbonyl (C=O) groups is 2. The molecule has 0 fully saturated rings. The zero-order chi connectivity index (χ0) is 22.0. The Morgan fingerprint density at radius 3 is 2.62 bits per heavy atom. The van der Waals surface area contributed by atoms with E-state index in [9.17, 15) is 14.7 Å². The number of hydrogen-bond donors (Lipinski definition) is 0. The van der Waals surface area contributed by atoms with E-state index in [1.807, 2.05) is 36.4 Å². The summed E-state index contributed by atoms with van der Waals surface area (Å²) < 4.78 is 2.16. The Hall–Kier alpha value is -2.68. The Balaban J connectivity index is 0.00000289. The van der Waals surface area contributed by atoms with Crippen molar-refractivity contribution in [1.82, 2.24) is 9.55 Å². The van der Waals surface area contributed by atoms with Gasteiger partial charge in [-0.2, -0.15) is 0 Å². The van der Waals surface area contributed by atoms with Crippen LogP contribution in [0.15, 0.2) is 53.7 Å². The monoisotopic (exact) mass is 442 g/mol. The van der Waals surface area contributed by atoms with Gasteiger partial charge in [0.2, 0.25) is 0 Å². The van der Waals surface area contributed by atoms with E-state index in [0.29, 0.717) is 17.2 Å². The van der Waals surface area contributed by atoms with E-state index in [4.69, 9.17) is 9.82 Å². The van der Waals surface area contributed by atoms with Gasteiger partial charge in [0.25, 0.3) is 5.91 Å². The molecule has 0 saturated heterocycles. The van der Waals surface area contributed by atoms with Crippen LogP contribution < -0.4 is 39.6 Å². The van der Waals surface area contributed by atoms with Crippen LogP contribution in [0.1, 0.15) is 31.7 Å². The molecule has 0 saturated carbocycles. The minimum absolute atomic E-state index is 0. The summed E-state index contributed by atoms with van der Waals surface area (Å²) in [6.45, 7) is 4.70. The van der Waals surface area contributed by atoms with Crippen molar-refractivity contribution in [2.24, 2.45) is 11.1 Å². The number of hydrogen-bond acceptors (Lipinski definition) is 6. The van der Waals surface area contributed by atoms with E-state index in [0.717, 1.165) is 29.8 Å². The fourth-order valence-electron chi connectivity index (χ4n) is 3.68. The molecule has 0 N–H and O–H groups in total.